The Labute approximate surface area is 99.3 Å². The minimum atomic E-state index is -0.970. The molecule has 0 aromatic heterocycles. The quantitative estimate of drug-likeness (QED) is 0.649. The van der Waals surface area contributed by atoms with E-state index in [0.717, 1.165) is 0 Å². The molecule has 0 saturated heterocycles. The number of methoxy groups -OCH3 is 1. The Morgan fingerprint density at radius 2 is 2.06 bits per heavy atom. The molecule has 0 aliphatic heterocycles. The van der Waals surface area contributed by atoms with Crippen LogP contribution >= 0.6 is 11.6 Å². The molecule has 3 nitrogen and oxygen atoms in total. The zero-order chi connectivity index (χ0) is 12.1. The monoisotopic (exact) mass is 240 g/mol. The third-order valence-electron chi connectivity index (χ3n) is 2.28. The van der Waals surface area contributed by atoms with Crippen molar-refractivity contribution in [2.45, 2.75) is 6.10 Å². The van der Waals surface area contributed by atoms with Crippen molar-refractivity contribution >= 4 is 17.6 Å². The van der Waals surface area contributed by atoms with Crippen LogP contribution < -0.4 is 0 Å². The van der Waals surface area contributed by atoms with E-state index in [-0.39, 0.29) is 0 Å². The normalized spacial score (nSPS) is 13.9. The van der Waals surface area contributed by atoms with Gasteiger partial charge in [-0.1, -0.05) is 29.8 Å². The molecule has 0 bridgehead atoms. The Hall–Kier alpha value is -1.32. The van der Waals surface area contributed by atoms with E-state index in [4.69, 9.17) is 11.6 Å². The molecule has 16 heavy (non-hydrogen) atoms. The van der Waals surface area contributed by atoms with Crippen LogP contribution in [-0.2, 0) is 9.53 Å². The molecule has 2 atom stereocenters. The predicted molar refractivity (Wildman–Crippen MR) is 62.1 cm³/mol. The lowest BCUT2D eigenvalue weighted by atomic mass is 9.96. The van der Waals surface area contributed by atoms with Crippen LogP contribution in [-0.4, -0.2) is 18.2 Å². The number of carbonyl (C=O) groups is 1. The maximum atomic E-state index is 11.3. The molecule has 0 heterocycles. The fraction of sp³-hybridized carbons (Fsp3) is 0.250. The minimum Gasteiger partial charge on any atom is -0.468 e. The zero-order valence-electron chi connectivity index (χ0n) is 8.89. The molecule has 0 saturated carbocycles. The van der Waals surface area contributed by atoms with Crippen molar-refractivity contribution in [2.24, 2.45) is 5.92 Å². The fourth-order valence-corrected chi connectivity index (χ4v) is 1.48. The van der Waals surface area contributed by atoms with Gasteiger partial charge in [-0.25, -0.2) is 0 Å². The number of benzene rings is 1. The third kappa shape index (κ3) is 2.84. The molecule has 0 fully saturated rings. The number of halogens is 1. The van der Waals surface area contributed by atoms with Crippen molar-refractivity contribution in [1.29, 1.82) is 0 Å². The number of hydrogen-bond acceptors (Lipinski definition) is 3. The summed E-state index contributed by atoms with van der Waals surface area (Å²) >= 11 is 5.73. The van der Waals surface area contributed by atoms with E-state index in [1.807, 2.05) is 0 Å². The number of hydrogen-bond donors (Lipinski definition) is 1. The van der Waals surface area contributed by atoms with Crippen LogP contribution in [0.15, 0.2) is 36.9 Å². The SMILES string of the molecule is C=C[C@@H](C(=O)OC)[C@H](O)c1ccc(Cl)cc1. The molecule has 86 valence electrons. The molecule has 0 aliphatic carbocycles. The number of rotatable bonds is 4. The molecular weight excluding hydrogens is 228 g/mol. The third-order valence-corrected chi connectivity index (χ3v) is 2.53. The summed E-state index contributed by atoms with van der Waals surface area (Å²) in [6, 6.07) is 6.62. The first-order valence-corrected chi connectivity index (χ1v) is 5.12. The largest absolute Gasteiger partial charge is 0.468 e. The van der Waals surface area contributed by atoms with Crippen LogP contribution in [0.25, 0.3) is 0 Å². The molecule has 4 heteroatoms. The average molecular weight is 241 g/mol. The molecular formula is C12H13ClO3. The molecule has 0 amide bonds. The van der Waals surface area contributed by atoms with Gasteiger partial charge in [-0.3, -0.25) is 4.79 Å². The molecule has 1 rings (SSSR count). The Kier molecular flexibility index (Phi) is 4.52. The van der Waals surface area contributed by atoms with Gasteiger partial charge >= 0.3 is 5.97 Å². The molecule has 0 radical (unpaired) electrons. The Morgan fingerprint density at radius 1 is 1.50 bits per heavy atom. The average Bonchev–Trinajstić information content (AvgIpc) is 2.30. The van der Waals surface area contributed by atoms with E-state index in [1.165, 1.54) is 13.2 Å². The van der Waals surface area contributed by atoms with Crippen LogP contribution in [0.5, 0.6) is 0 Å². The number of carbonyl (C=O) groups excluding carboxylic acids is 1. The first-order valence-electron chi connectivity index (χ1n) is 4.74. The molecule has 0 aliphatic rings. The lowest BCUT2D eigenvalue weighted by Crippen LogP contribution is -2.21. The Bertz CT molecular complexity index is 372. The van der Waals surface area contributed by atoms with Gasteiger partial charge in [-0.05, 0) is 17.7 Å². The fourth-order valence-electron chi connectivity index (χ4n) is 1.36. The van der Waals surface area contributed by atoms with Crippen molar-refractivity contribution in [3.63, 3.8) is 0 Å². The summed E-state index contributed by atoms with van der Waals surface area (Å²) in [6.45, 7) is 3.51. The summed E-state index contributed by atoms with van der Waals surface area (Å²) in [7, 11) is 1.27. The summed E-state index contributed by atoms with van der Waals surface area (Å²) in [6.07, 6.45) is 0.396. The second kappa shape index (κ2) is 5.68. The van der Waals surface area contributed by atoms with Crippen molar-refractivity contribution in [1.82, 2.24) is 0 Å². The smallest absolute Gasteiger partial charge is 0.315 e. The highest BCUT2D eigenvalue weighted by Gasteiger charge is 2.25. The van der Waals surface area contributed by atoms with E-state index >= 15 is 0 Å². The summed E-state index contributed by atoms with van der Waals surface area (Å²) in [5, 5.41) is 10.5. The van der Waals surface area contributed by atoms with Gasteiger partial charge in [0.05, 0.1) is 13.2 Å². The lowest BCUT2D eigenvalue weighted by Gasteiger charge is -2.17. The molecule has 0 unspecified atom stereocenters. The van der Waals surface area contributed by atoms with Gasteiger partial charge in [0.25, 0.3) is 0 Å². The Morgan fingerprint density at radius 3 is 2.50 bits per heavy atom. The summed E-state index contributed by atoms with van der Waals surface area (Å²) in [4.78, 5) is 11.3. The topological polar surface area (TPSA) is 46.5 Å². The van der Waals surface area contributed by atoms with Gasteiger partial charge in [0.2, 0.25) is 0 Å². The van der Waals surface area contributed by atoms with Crippen molar-refractivity contribution in [2.75, 3.05) is 7.11 Å². The van der Waals surface area contributed by atoms with Crippen LogP contribution in [0.2, 0.25) is 5.02 Å². The van der Waals surface area contributed by atoms with Crippen LogP contribution in [0.4, 0.5) is 0 Å². The second-order valence-electron chi connectivity index (χ2n) is 3.28. The van der Waals surface area contributed by atoms with Crippen LogP contribution in [0, 0.1) is 5.92 Å². The van der Waals surface area contributed by atoms with Gasteiger partial charge in [0, 0.05) is 5.02 Å². The van der Waals surface area contributed by atoms with Gasteiger partial charge in [-0.15, -0.1) is 6.58 Å². The lowest BCUT2D eigenvalue weighted by molar-refractivity contribution is -0.147. The summed E-state index contributed by atoms with van der Waals surface area (Å²) in [5.74, 6) is -1.29. The van der Waals surface area contributed by atoms with E-state index < -0.39 is 18.0 Å². The van der Waals surface area contributed by atoms with Crippen LogP contribution in [0.3, 0.4) is 0 Å². The molecule has 0 spiro atoms. The highest BCUT2D eigenvalue weighted by Crippen LogP contribution is 2.25. The Balaban J connectivity index is 2.90. The molecule has 1 aromatic carbocycles. The van der Waals surface area contributed by atoms with E-state index in [1.54, 1.807) is 24.3 Å². The second-order valence-corrected chi connectivity index (χ2v) is 3.72. The van der Waals surface area contributed by atoms with Crippen molar-refractivity contribution in [3.05, 3.63) is 47.5 Å². The number of aliphatic hydroxyl groups excluding tert-OH is 1. The summed E-state index contributed by atoms with van der Waals surface area (Å²) in [5.41, 5.74) is 0.597. The van der Waals surface area contributed by atoms with Gasteiger partial charge < -0.3 is 9.84 Å². The number of aliphatic hydroxyl groups is 1. The van der Waals surface area contributed by atoms with Gasteiger partial charge in [-0.2, -0.15) is 0 Å². The van der Waals surface area contributed by atoms with Crippen molar-refractivity contribution < 1.29 is 14.6 Å². The zero-order valence-corrected chi connectivity index (χ0v) is 9.65. The number of esters is 1. The highest BCUT2D eigenvalue weighted by atomic mass is 35.5. The first kappa shape index (κ1) is 12.7. The van der Waals surface area contributed by atoms with E-state index in [9.17, 15) is 9.90 Å². The molecule has 1 aromatic rings. The number of ether oxygens (including phenoxy) is 1. The minimum absolute atomic E-state index is 0.516. The van der Waals surface area contributed by atoms with E-state index in [2.05, 4.69) is 11.3 Å². The first-order chi connectivity index (χ1) is 7.60. The molecule has 1 N–H and O–H groups in total. The standard InChI is InChI=1S/C12H13ClO3/c1-3-10(12(15)16-2)11(14)8-4-6-9(13)7-5-8/h3-7,10-11,14H,1H2,2H3/t10-,11-/m1/s1. The van der Waals surface area contributed by atoms with Crippen LogP contribution in [0.1, 0.15) is 11.7 Å². The summed E-state index contributed by atoms with van der Waals surface area (Å²) < 4.78 is 4.57. The van der Waals surface area contributed by atoms with E-state index in [0.29, 0.717) is 10.6 Å². The van der Waals surface area contributed by atoms with Gasteiger partial charge in [0.1, 0.15) is 5.92 Å². The predicted octanol–water partition coefficient (Wildman–Crippen LogP) is 2.35. The van der Waals surface area contributed by atoms with Crippen molar-refractivity contribution in [3.8, 4) is 0 Å². The highest BCUT2D eigenvalue weighted by molar-refractivity contribution is 6.30. The maximum Gasteiger partial charge on any atom is 0.315 e. The van der Waals surface area contributed by atoms with Gasteiger partial charge in [0.15, 0.2) is 0 Å². The maximum absolute atomic E-state index is 11.3.